The lowest BCUT2D eigenvalue weighted by Gasteiger charge is -2.44. The normalized spacial score (nSPS) is 28.0. The molecule has 0 aliphatic carbocycles. The second-order valence-electron chi connectivity index (χ2n) is 5.52. The van der Waals surface area contributed by atoms with E-state index in [9.17, 15) is 19.2 Å². The molecule has 0 N–H and O–H groups in total. The minimum absolute atomic E-state index is 0.210. The van der Waals surface area contributed by atoms with Crippen molar-refractivity contribution in [3.8, 4) is 0 Å². The Balaban J connectivity index is 3.22. The maximum atomic E-state index is 11.6. The van der Waals surface area contributed by atoms with Gasteiger partial charge < -0.3 is 23.7 Å². The molecule has 5 atom stereocenters. The van der Waals surface area contributed by atoms with Crippen molar-refractivity contribution in [1.82, 2.24) is 0 Å². The highest BCUT2D eigenvalue weighted by Crippen LogP contribution is 2.34. The van der Waals surface area contributed by atoms with Crippen molar-refractivity contribution < 1.29 is 42.9 Å². The van der Waals surface area contributed by atoms with Gasteiger partial charge in [-0.1, -0.05) is 6.92 Å². The molecular formula is C16H24O9S. The first kappa shape index (κ1) is 22.2. The summed E-state index contributed by atoms with van der Waals surface area (Å²) in [5.74, 6) is -1.81. The van der Waals surface area contributed by atoms with Crippen molar-refractivity contribution in [3.63, 3.8) is 0 Å². The molecule has 1 heterocycles. The van der Waals surface area contributed by atoms with Crippen LogP contribution in [0.15, 0.2) is 0 Å². The maximum Gasteiger partial charge on any atom is 0.303 e. The molecule has 10 heteroatoms. The largest absolute Gasteiger partial charge is 0.463 e. The Morgan fingerprint density at radius 1 is 0.808 bits per heavy atom. The SMILES string of the molecule is CCSC1O[C@H](COC(C)=O)[C@@H](OC(C)=O)[C@H](OC(C)=O)[C@H]1OC(C)=O. The zero-order valence-electron chi connectivity index (χ0n) is 15.4. The fourth-order valence-electron chi connectivity index (χ4n) is 2.49. The Hall–Kier alpha value is -1.81. The lowest BCUT2D eigenvalue weighted by molar-refractivity contribution is -0.237. The van der Waals surface area contributed by atoms with Crippen molar-refractivity contribution >= 4 is 35.6 Å². The number of carbonyl (C=O) groups excluding carboxylic acids is 4. The molecule has 0 aromatic carbocycles. The molecule has 0 saturated carbocycles. The standard InChI is InChI=1S/C16H24O9S/c1-6-26-16-15(24-11(5)20)14(23-10(4)19)13(22-9(3)18)12(25-16)7-21-8(2)17/h12-16H,6-7H2,1-5H3/t12-,13-,14+,15-,16?/m1/s1. The Bertz CT molecular complexity index is 536. The predicted molar refractivity (Wildman–Crippen MR) is 90.1 cm³/mol. The lowest BCUT2D eigenvalue weighted by Crippen LogP contribution is -2.61. The molecule has 0 spiro atoms. The van der Waals surface area contributed by atoms with Crippen LogP contribution in [0.2, 0.25) is 0 Å². The summed E-state index contributed by atoms with van der Waals surface area (Å²) in [5.41, 5.74) is -0.694. The van der Waals surface area contributed by atoms with E-state index in [1.54, 1.807) is 0 Å². The molecular weight excluding hydrogens is 368 g/mol. The third-order valence-electron chi connectivity index (χ3n) is 3.28. The van der Waals surface area contributed by atoms with Gasteiger partial charge in [-0.05, 0) is 5.75 Å². The summed E-state index contributed by atoms with van der Waals surface area (Å²) in [6.07, 6.45) is -4.07. The van der Waals surface area contributed by atoms with Gasteiger partial charge in [-0.3, -0.25) is 19.2 Å². The van der Waals surface area contributed by atoms with Crippen LogP contribution in [0.1, 0.15) is 34.6 Å². The van der Waals surface area contributed by atoms with Crippen molar-refractivity contribution in [1.29, 1.82) is 0 Å². The van der Waals surface area contributed by atoms with E-state index in [-0.39, 0.29) is 6.61 Å². The number of thioether (sulfide) groups is 1. The van der Waals surface area contributed by atoms with Gasteiger partial charge >= 0.3 is 23.9 Å². The van der Waals surface area contributed by atoms with E-state index in [0.717, 1.165) is 0 Å². The predicted octanol–water partition coefficient (Wildman–Crippen LogP) is 0.823. The van der Waals surface area contributed by atoms with E-state index < -0.39 is 53.7 Å². The second-order valence-corrected chi connectivity index (χ2v) is 6.90. The first-order chi connectivity index (χ1) is 12.1. The van der Waals surface area contributed by atoms with Crippen LogP contribution in [0.25, 0.3) is 0 Å². The number of rotatable bonds is 7. The Labute approximate surface area is 156 Å². The molecule has 148 valence electrons. The van der Waals surface area contributed by atoms with Crippen LogP contribution in [-0.4, -0.2) is 66.1 Å². The fraction of sp³-hybridized carbons (Fsp3) is 0.750. The van der Waals surface area contributed by atoms with Crippen LogP contribution in [0.4, 0.5) is 0 Å². The number of hydrogen-bond acceptors (Lipinski definition) is 10. The molecule has 1 fully saturated rings. The molecule has 26 heavy (non-hydrogen) atoms. The van der Waals surface area contributed by atoms with Crippen molar-refractivity contribution in [2.75, 3.05) is 12.4 Å². The Morgan fingerprint density at radius 2 is 1.31 bits per heavy atom. The van der Waals surface area contributed by atoms with Crippen LogP contribution >= 0.6 is 11.8 Å². The van der Waals surface area contributed by atoms with Crippen LogP contribution < -0.4 is 0 Å². The molecule has 0 bridgehead atoms. The average Bonchev–Trinajstić information content (AvgIpc) is 2.50. The maximum absolute atomic E-state index is 11.6. The topological polar surface area (TPSA) is 114 Å². The summed E-state index contributed by atoms with van der Waals surface area (Å²) < 4.78 is 26.7. The van der Waals surface area contributed by atoms with Gasteiger partial charge in [0.25, 0.3) is 0 Å². The number of carbonyl (C=O) groups is 4. The van der Waals surface area contributed by atoms with Gasteiger partial charge in [0.15, 0.2) is 18.3 Å². The lowest BCUT2D eigenvalue weighted by atomic mass is 9.99. The third kappa shape index (κ3) is 6.83. The smallest absolute Gasteiger partial charge is 0.303 e. The summed E-state index contributed by atoms with van der Waals surface area (Å²) in [6.45, 7) is 6.48. The van der Waals surface area contributed by atoms with Crippen LogP contribution in [0, 0.1) is 0 Å². The first-order valence-corrected chi connectivity index (χ1v) is 9.12. The molecule has 0 radical (unpaired) electrons. The molecule has 0 amide bonds. The fourth-order valence-corrected chi connectivity index (χ4v) is 3.44. The van der Waals surface area contributed by atoms with Crippen LogP contribution in [0.5, 0.6) is 0 Å². The number of esters is 4. The number of hydrogen-bond donors (Lipinski definition) is 0. The van der Waals surface area contributed by atoms with Gasteiger partial charge in [-0.2, -0.15) is 0 Å². The van der Waals surface area contributed by atoms with E-state index in [1.807, 2.05) is 6.92 Å². The van der Waals surface area contributed by atoms with Crippen LogP contribution in [-0.2, 0) is 42.9 Å². The zero-order valence-corrected chi connectivity index (χ0v) is 16.2. The van der Waals surface area contributed by atoms with Crippen molar-refractivity contribution in [2.24, 2.45) is 0 Å². The summed E-state index contributed by atoms with van der Waals surface area (Å²) in [5, 5.41) is 0. The number of ether oxygens (including phenoxy) is 5. The van der Waals surface area contributed by atoms with E-state index in [2.05, 4.69) is 0 Å². The van der Waals surface area contributed by atoms with E-state index in [0.29, 0.717) is 5.75 Å². The van der Waals surface area contributed by atoms with Crippen molar-refractivity contribution in [3.05, 3.63) is 0 Å². The van der Waals surface area contributed by atoms with Gasteiger partial charge in [-0.15, -0.1) is 11.8 Å². The van der Waals surface area contributed by atoms with Crippen molar-refractivity contribution in [2.45, 2.75) is 64.5 Å². The Kier molecular flexibility index (Phi) is 8.86. The van der Waals surface area contributed by atoms with Gasteiger partial charge in [0, 0.05) is 27.7 Å². The van der Waals surface area contributed by atoms with Gasteiger partial charge in [0.2, 0.25) is 0 Å². The molecule has 0 aromatic heterocycles. The Morgan fingerprint density at radius 3 is 1.77 bits per heavy atom. The molecule has 9 nitrogen and oxygen atoms in total. The highest BCUT2D eigenvalue weighted by Gasteiger charge is 2.52. The van der Waals surface area contributed by atoms with E-state index >= 15 is 0 Å². The second kappa shape index (κ2) is 10.4. The van der Waals surface area contributed by atoms with Gasteiger partial charge in [0.05, 0.1) is 0 Å². The summed E-state index contributed by atoms with van der Waals surface area (Å²) >= 11 is 1.32. The van der Waals surface area contributed by atoms with Gasteiger partial charge in [-0.25, -0.2) is 0 Å². The summed E-state index contributed by atoms with van der Waals surface area (Å²) in [4.78, 5) is 45.8. The molecule has 1 aliphatic rings. The molecule has 1 rings (SSSR count). The first-order valence-electron chi connectivity index (χ1n) is 8.07. The molecule has 1 unspecified atom stereocenters. The van der Waals surface area contributed by atoms with Crippen LogP contribution in [0.3, 0.4) is 0 Å². The molecule has 1 saturated heterocycles. The zero-order chi connectivity index (χ0) is 19.9. The minimum atomic E-state index is -1.10. The molecule has 1 aliphatic heterocycles. The highest BCUT2D eigenvalue weighted by atomic mass is 32.2. The van der Waals surface area contributed by atoms with Gasteiger partial charge in [0.1, 0.15) is 18.1 Å². The summed E-state index contributed by atoms with van der Waals surface area (Å²) in [7, 11) is 0. The van der Waals surface area contributed by atoms with E-state index in [1.165, 1.54) is 39.5 Å². The minimum Gasteiger partial charge on any atom is -0.463 e. The average molecular weight is 392 g/mol. The molecule has 0 aromatic rings. The van der Waals surface area contributed by atoms with E-state index in [4.69, 9.17) is 23.7 Å². The quantitative estimate of drug-likeness (QED) is 0.455. The monoisotopic (exact) mass is 392 g/mol. The third-order valence-corrected chi connectivity index (χ3v) is 4.32. The highest BCUT2D eigenvalue weighted by molar-refractivity contribution is 7.99. The summed E-state index contributed by atoms with van der Waals surface area (Å²) in [6, 6.07) is 0.